The number of hydrogen-bond donors (Lipinski definition) is 1. The molecule has 0 unspecified atom stereocenters. The molecule has 2 aliphatic rings. The van der Waals surface area contributed by atoms with E-state index in [1.807, 2.05) is 0 Å². The molecule has 2 heterocycles. The van der Waals surface area contributed by atoms with E-state index in [0.717, 1.165) is 38.3 Å². The molecular weight excluding hydrogens is 164 g/mol. The van der Waals surface area contributed by atoms with Crippen LogP contribution in [0, 0.1) is 5.92 Å². The fourth-order valence-corrected chi connectivity index (χ4v) is 2.53. The minimum absolute atomic E-state index is 0.719. The number of nitrogens with zero attached hydrogens (tertiary/aromatic N) is 1. The van der Waals surface area contributed by atoms with Gasteiger partial charge >= 0.3 is 0 Å². The zero-order valence-electron chi connectivity index (χ0n) is 8.46. The van der Waals surface area contributed by atoms with E-state index in [2.05, 4.69) is 17.1 Å². The van der Waals surface area contributed by atoms with Crippen LogP contribution in [-0.4, -0.2) is 50.3 Å². The molecule has 2 rings (SSSR count). The van der Waals surface area contributed by atoms with E-state index in [1.54, 1.807) is 0 Å². The van der Waals surface area contributed by atoms with E-state index in [4.69, 9.17) is 4.74 Å². The number of likely N-dealkylation sites (N-methyl/N-ethyl adjacent to an activating group) is 1. The summed E-state index contributed by atoms with van der Waals surface area (Å²) >= 11 is 0. The second-order valence-electron chi connectivity index (χ2n) is 4.02. The molecule has 0 spiro atoms. The Bertz CT molecular complexity index is 155. The standard InChI is InChI=1S/C10H20N2O/c1-2-12-5-6-13-8-9-7-11-4-3-10(9)12/h9-11H,2-8H2,1H3/t9-,10-/m1/s1. The highest BCUT2D eigenvalue weighted by atomic mass is 16.5. The summed E-state index contributed by atoms with van der Waals surface area (Å²) in [5.41, 5.74) is 0. The molecule has 76 valence electrons. The van der Waals surface area contributed by atoms with Gasteiger partial charge in [0.05, 0.1) is 13.2 Å². The lowest BCUT2D eigenvalue weighted by Gasteiger charge is -2.37. The first kappa shape index (κ1) is 9.44. The second-order valence-corrected chi connectivity index (χ2v) is 4.02. The van der Waals surface area contributed by atoms with E-state index in [0.29, 0.717) is 0 Å². The van der Waals surface area contributed by atoms with Crippen molar-refractivity contribution in [1.29, 1.82) is 0 Å². The van der Waals surface area contributed by atoms with Crippen molar-refractivity contribution in [3.63, 3.8) is 0 Å². The fourth-order valence-electron chi connectivity index (χ4n) is 2.53. The van der Waals surface area contributed by atoms with E-state index in [9.17, 15) is 0 Å². The molecule has 2 atom stereocenters. The van der Waals surface area contributed by atoms with Crippen LogP contribution in [0.3, 0.4) is 0 Å². The van der Waals surface area contributed by atoms with Gasteiger partial charge in [-0.2, -0.15) is 0 Å². The maximum Gasteiger partial charge on any atom is 0.0593 e. The number of piperidine rings is 1. The van der Waals surface area contributed by atoms with E-state index >= 15 is 0 Å². The molecule has 13 heavy (non-hydrogen) atoms. The van der Waals surface area contributed by atoms with Crippen LogP contribution >= 0.6 is 0 Å². The van der Waals surface area contributed by atoms with Crippen LogP contribution < -0.4 is 5.32 Å². The summed E-state index contributed by atoms with van der Waals surface area (Å²) in [5, 5.41) is 3.45. The highest BCUT2D eigenvalue weighted by Gasteiger charge is 2.31. The third-order valence-electron chi connectivity index (χ3n) is 3.30. The zero-order chi connectivity index (χ0) is 9.10. The summed E-state index contributed by atoms with van der Waals surface area (Å²) in [6.45, 7) is 8.74. The largest absolute Gasteiger partial charge is 0.380 e. The third kappa shape index (κ3) is 2.03. The van der Waals surface area contributed by atoms with Gasteiger partial charge in [0, 0.05) is 25.0 Å². The minimum atomic E-state index is 0.719. The Balaban J connectivity index is 2.02. The molecule has 0 aromatic heterocycles. The van der Waals surface area contributed by atoms with Gasteiger partial charge in [0.1, 0.15) is 0 Å². The summed E-state index contributed by atoms with van der Waals surface area (Å²) < 4.78 is 5.61. The number of ether oxygens (including phenoxy) is 1. The van der Waals surface area contributed by atoms with Gasteiger partial charge in [0.25, 0.3) is 0 Å². The summed E-state index contributed by atoms with van der Waals surface area (Å²) in [7, 11) is 0. The van der Waals surface area contributed by atoms with Crippen molar-refractivity contribution in [1.82, 2.24) is 10.2 Å². The number of rotatable bonds is 1. The second kappa shape index (κ2) is 4.40. The molecule has 0 bridgehead atoms. The third-order valence-corrected chi connectivity index (χ3v) is 3.30. The van der Waals surface area contributed by atoms with Crippen molar-refractivity contribution < 1.29 is 4.74 Å². The first-order chi connectivity index (χ1) is 6.42. The van der Waals surface area contributed by atoms with Gasteiger partial charge in [-0.3, -0.25) is 4.90 Å². The Kier molecular flexibility index (Phi) is 3.19. The lowest BCUT2D eigenvalue weighted by atomic mass is 9.93. The summed E-state index contributed by atoms with van der Waals surface area (Å²) in [5.74, 6) is 0.719. The zero-order valence-corrected chi connectivity index (χ0v) is 8.46. The number of fused-ring (bicyclic) bond motifs is 1. The topological polar surface area (TPSA) is 24.5 Å². The monoisotopic (exact) mass is 184 g/mol. The summed E-state index contributed by atoms with van der Waals surface area (Å²) in [6.07, 6.45) is 1.29. The molecule has 0 amide bonds. The Hall–Kier alpha value is -0.120. The Labute approximate surface area is 80.4 Å². The molecule has 0 aliphatic carbocycles. The van der Waals surface area contributed by atoms with Gasteiger partial charge in [-0.15, -0.1) is 0 Å². The van der Waals surface area contributed by atoms with Gasteiger partial charge in [-0.1, -0.05) is 6.92 Å². The predicted molar refractivity (Wildman–Crippen MR) is 52.8 cm³/mol. The van der Waals surface area contributed by atoms with Crippen molar-refractivity contribution in [2.45, 2.75) is 19.4 Å². The molecule has 2 fully saturated rings. The van der Waals surface area contributed by atoms with Crippen molar-refractivity contribution in [3.8, 4) is 0 Å². The molecular formula is C10H20N2O. The van der Waals surface area contributed by atoms with E-state index < -0.39 is 0 Å². The van der Waals surface area contributed by atoms with Gasteiger partial charge in [0.15, 0.2) is 0 Å². The fraction of sp³-hybridized carbons (Fsp3) is 1.00. The highest BCUT2D eigenvalue weighted by molar-refractivity contribution is 4.86. The van der Waals surface area contributed by atoms with Crippen LogP contribution in [0.2, 0.25) is 0 Å². The Morgan fingerprint density at radius 2 is 2.46 bits per heavy atom. The molecule has 2 saturated heterocycles. The summed E-state index contributed by atoms with van der Waals surface area (Å²) in [4.78, 5) is 2.58. The van der Waals surface area contributed by atoms with Crippen LogP contribution in [0.4, 0.5) is 0 Å². The first-order valence-corrected chi connectivity index (χ1v) is 5.44. The van der Waals surface area contributed by atoms with Gasteiger partial charge < -0.3 is 10.1 Å². The maximum atomic E-state index is 5.61. The normalized spacial score (nSPS) is 36.7. The molecule has 0 aromatic rings. The molecule has 0 radical (unpaired) electrons. The average molecular weight is 184 g/mol. The highest BCUT2D eigenvalue weighted by Crippen LogP contribution is 2.20. The van der Waals surface area contributed by atoms with Gasteiger partial charge in [0.2, 0.25) is 0 Å². The Morgan fingerprint density at radius 3 is 3.31 bits per heavy atom. The maximum absolute atomic E-state index is 5.61. The van der Waals surface area contributed by atoms with E-state index in [-0.39, 0.29) is 0 Å². The molecule has 1 N–H and O–H groups in total. The van der Waals surface area contributed by atoms with Gasteiger partial charge in [-0.25, -0.2) is 0 Å². The predicted octanol–water partition coefficient (Wildman–Crippen LogP) is 0.317. The molecule has 0 saturated carbocycles. The molecule has 2 aliphatic heterocycles. The minimum Gasteiger partial charge on any atom is -0.380 e. The molecule has 0 aromatic carbocycles. The van der Waals surface area contributed by atoms with Crippen LogP contribution in [0.1, 0.15) is 13.3 Å². The molecule has 3 nitrogen and oxygen atoms in total. The van der Waals surface area contributed by atoms with Crippen LogP contribution in [0.25, 0.3) is 0 Å². The lowest BCUT2D eigenvalue weighted by molar-refractivity contribution is 0.103. The van der Waals surface area contributed by atoms with Gasteiger partial charge in [-0.05, 0) is 19.5 Å². The lowest BCUT2D eigenvalue weighted by Crippen LogP contribution is -2.49. The first-order valence-electron chi connectivity index (χ1n) is 5.44. The quantitative estimate of drug-likeness (QED) is 0.635. The van der Waals surface area contributed by atoms with E-state index in [1.165, 1.54) is 19.5 Å². The smallest absolute Gasteiger partial charge is 0.0593 e. The van der Waals surface area contributed by atoms with Crippen LogP contribution in [-0.2, 0) is 4.74 Å². The number of nitrogens with one attached hydrogen (secondary N) is 1. The average Bonchev–Trinajstić information content (AvgIpc) is 2.39. The van der Waals surface area contributed by atoms with Crippen molar-refractivity contribution >= 4 is 0 Å². The summed E-state index contributed by atoms with van der Waals surface area (Å²) in [6, 6.07) is 0.772. The van der Waals surface area contributed by atoms with Crippen molar-refractivity contribution in [2.75, 3.05) is 39.4 Å². The van der Waals surface area contributed by atoms with Crippen molar-refractivity contribution in [2.24, 2.45) is 5.92 Å². The SMILES string of the molecule is CCN1CCOC[C@H]2CNCC[C@H]21. The number of hydrogen-bond acceptors (Lipinski definition) is 3. The van der Waals surface area contributed by atoms with Crippen LogP contribution in [0.15, 0.2) is 0 Å². The Morgan fingerprint density at radius 1 is 1.54 bits per heavy atom. The van der Waals surface area contributed by atoms with Crippen LogP contribution in [0.5, 0.6) is 0 Å². The molecule has 3 heteroatoms. The van der Waals surface area contributed by atoms with Crippen molar-refractivity contribution in [3.05, 3.63) is 0 Å².